The molecular formula is C16H18N2O4. The van der Waals surface area contributed by atoms with Crippen molar-refractivity contribution in [2.45, 2.75) is 37.8 Å². The van der Waals surface area contributed by atoms with E-state index in [1.807, 2.05) is 4.90 Å². The van der Waals surface area contributed by atoms with Gasteiger partial charge in [-0.05, 0) is 30.5 Å². The quantitative estimate of drug-likeness (QED) is 0.842. The Bertz CT molecular complexity index is 607. The van der Waals surface area contributed by atoms with Gasteiger partial charge in [-0.2, -0.15) is 0 Å². The van der Waals surface area contributed by atoms with Crippen molar-refractivity contribution in [3.05, 3.63) is 35.4 Å². The molecule has 0 spiro atoms. The van der Waals surface area contributed by atoms with Crippen LogP contribution in [0.1, 0.15) is 35.2 Å². The van der Waals surface area contributed by atoms with Gasteiger partial charge < -0.3 is 15.3 Å². The van der Waals surface area contributed by atoms with Gasteiger partial charge in [0, 0.05) is 19.0 Å². The lowest BCUT2D eigenvalue weighted by Crippen LogP contribution is -2.38. The molecule has 0 aromatic heterocycles. The van der Waals surface area contributed by atoms with Crippen LogP contribution in [0.15, 0.2) is 24.3 Å². The second kappa shape index (κ2) is 5.79. The molecule has 1 unspecified atom stereocenters. The van der Waals surface area contributed by atoms with E-state index < -0.39 is 5.97 Å². The van der Waals surface area contributed by atoms with Crippen LogP contribution in [-0.2, 0) is 16.0 Å². The summed E-state index contributed by atoms with van der Waals surface area (Å²) in [7, 11) is 0. The molecular weight excluding hydrogens is 284 g/mol. The van der Waals surface area contributed by atoms with E-state index in [-0.39, 0.29) is 29.8 Å². The predicted octanol–water partition coefficient (Wildman–Crippen LogP) is 0.807. The molecule has 2 N–H and O–H groups in total. The number of nitrogens with one attached hydrogen (secondary N) is 1. The van der Waals surface area contributed by atoms with Crippen molar-refractivity contribution in [2.24, 2.45) is 0 Å². The molecule has 1 saturated carbocycles. The number of likely N-dealkylation sites (tertiary alicyclic amines) is 1. The summed E-state index contributed by atoms with van der Waals surface area (Å²) in [6.07, 6.45) is 2.71. The highest BCUT2D eigenvalue weighted by Crippen LogP contribution is 2.30. The third-order valence-corrected chi connectivity index (χ3v) is 4.08. The fourth-order valence-electron chi connectivity index (χ4n) is 2.80. The number of carboxylic acid groups (broad SMARTS) is 1. The van der Waals surface area contributed by atoms with Gasteiger partial charge in [-0.15, -0.1) is 0 Å². The van der Waals surface area contributed by atoms with E-state index in [0.717, 1.165) is 18.4 Å². The van der Waals surface area contributed by atoms with Gasteiger partial charge in [0.1, 0.15) is 0 Å². The molecule has 2 aliphatic rings. The zero-order valence-corrected chi connectivity index (χ0v) is 12.1. The minimum absolute atomic E-state index is 0.112. The number of amides is 2. The first-order valence-electron chi connectivity index (χ1n) is 7.44. The van der Waals surface area contributed by atoms with Gasteiger partial charge in [0.2, 0.25) is 11.8 Å². The SMILES string of the molecule is O=C(Cc1ccc(C(=O)O)cc1)NC1CC(=O)N(C2CC2)C1. The summed E-state index contributed by atoms with van der Waals surface area (Å²) in [5.74, 6) is -1.00. The zero-order valence-electron chi connectivity index (χ0n) is 12.1. The fourth-order valence-corrected chi connectivity index (χ4v) is 2.80. The second-order valence-corrected chi connectivity index (χ2v) is 5.92. The van der Waals surface area contributed by atoms with Gasteiger partial charge in [-0.25, -0.2) is 4.79 Å². The highest BCUT2D eigenvalue weighted by molar-refractivity contribution is 5.88. The van der Waals surface area contributed by atoms with Crippen LogP contribution in [0.2, 0.25) is 0 Å². The van der Waals surface area contributed by atoms with Gasteiger partial charge in [0.05, 0.1) is 18.0 Å². The van der Waals surface area contributed by atoms with Crippen LogP contribution < -0.4 is 5.32 Å². The number of rotatable bonds is 5. The number of hydrogen-bond acceptors (Lipinski definition) is 3. The minimum atomic E-state index is -0.986. The van der Waals surface area contributed by atoms with Gasteiger partial charge in [0.15, 0.2) is 0 Å². The molecule has 6 nitrogen and oxygen atoms in total. The van der Waals surface area contributed by atoms with Gasteiger partial charge >= 0.3 is 5.97 Å². The molecule has 1 aromatic rings. The van der Waals surface area contributed by atoms with Crippen molar-refractivity contribution < 1.29 is 19.5 Å². The van der Waals surface area contributed by atoms with E-state index in [0.29, 0.717) is 19.0 Å². The molecule has 2 fully saturated rings. The Kier molecular flexibility index (Phi) is 3.83. The standard InChI is InChI=1S/C16H18N2O4/c19-14(7-10-1-3-11(4-2-10)16(21)22)17-12-8-15(20)18(9-12)13-5-6-13/h1-4,12-13H,5-9H2,(H,17,19)(H,21,22). The predicted molar refractivity (Wildman–Crippen MR) is 78.4 cm³/mol. The number of carbonyl (C=O) groups is 3. The maximum Gasteiger partial charge on any atom is 0.335 e. The number of hydrogen-bond donors (Lipinski definition) is 2. The highest BCUT2D eigenvalue weighted by Gasteiger charge is 2.39. The molecule has 1 aromatic carbocycles. The normalized spacial score (nSPS) is 21.0. The molecule has 1 aliphatic carbocycles. The highest BCUT2D eigenvalue weighted by atomic mass is 16.4. The third kappa shape index (κ3) is 3.27. The third-order valence-electron chi connectivity index (χ3n) is 4.08. The summed E-state index contributed by atoms with van der Waals surface area (Å²) in [5, 5.41) is 11.7. The number of carbonyl (C=O) groups excluding carboxylic acids is 2. The Hall–Kier alpha value is -2.37. The molecule has 2 amide bonds. The van der Waals surface area contributed by atoms with Gasteiger partial charge in [0.25, 0.3) is 0 Å². The number of benzene rings is 1. The first-order valence-corrected chi connectivity index (χ1v) is 7.44. The van der Waals surface area contributed by atoms with E-state index in [1.165, 1.54) is 12.1 Å². The lowest BCUT2D eigenvalue weighted by Gasteiger charge is -2.16. The molecule has 116 valence electrons. The maximum atomic E-state index is 12.0. The Morgan fingerprint density at radius 3 is 2.50 bits per heavy atom. The Balaban J connectivity index is 1.52. The minimum Gasteiger partial charge on any atom is -0.478 e. The van der Waals surface area contributed by atoms with Crippen molar-refractivity contribution >= 4 is 17.8 Å². The van der Waals surface area contributed by atoms with Crippen molar-refractivity contribution in [1.82, 2.24) is 10.2 Å². The molecule has 3 rings (SSSR count). The van der Waals surface area contributed by atoms with Crippen LogP contribution in [0.3, 0.4) is 0 Å². The van der Waals surface area contributed by atoms with Crippen molar-refractivity contribution in [3.63, 3.8) is 0 Å². The molecule has 22 heavy (non-hydrogen) atoms. The average molecular weight is 302 g/mol. The average Bonchev–Trinajstić information content (AvgIpc) is 3.24. The summed E-state index contributed by atoms with van der Waals surface area (Å²) < 4.78 is 0. The number of nitrogens with zero attached hydrogens (tertiary/aromatic N) is 1. The van der Waals surface area contributed by atoms with Crippen LogP contribution in [-0.4, -0.2) is 46.4 Å². The van der Waals surface area contributed by atoms with E-state index in [2.05, 4.69) is 5.32 Å². The van der Waals surface area contributed by atoms with E-state index in [4.69, 9.17) is 5.11 Å². The summed E-state index contributed by atoms with van der Waals surface area (Å²) in [5.41, 5.74) is 0.955. The summed E-state index contributed by atoms with van der Waals surface area (Å²) >= 11 is 0. The Morgan fingerprint density at radius 2 is 1.91 bits per heavy atom. The lowest BCUT2D eigenvalue weighted by molar-refractivity contribution is -0.128. The van der Waals surface area contributed by atoms with Crippen LogP contribution in [0.5, 0.6) is 0 Å². The Labute approximate surface area is 128 Å². The summed E-state index contributed by atoms with van der Waals surface area (Å²) in [4.78, 5) is 36.5. The molecule has 1 atom stereocenters. The van der Waals surface area contributed by atoms with Crippen LogP contribution in [0, 0.1) is 0 Å². The fraction of sp³-hybridized carbons (Fsp3) is 0.438. The van der Waals surface area contributed by atoms with E-state index >= 15 is 0 Å². The van der Waals surface area contributed by atoms with Gasteiger partial charge in [-0.3, -0.25) is 9.59 Å². The molecule has 0 bridgehead atoms. The lowest BCUT2D eigenvalue weighted by atomic mass is 10.1. The molecule has 1 saturated heterocycles. The van der Waals surface area contributed by atoms with Crippen LogP contribution >= 0.6 is 0 Å². The van der Waals surface area contributed by atoms with Gasteiger partial charge in [-0.1, -0.05) is 12.1 Å². The first-order chi connectivity index (χ1) is 10.5. The summed E-state index contributed by atoms with van der Waals surface area (Å²) in [6, 6.07) is 6.52. The largest absolute Gasteiger partial charge is 0.478 e. The summed E-state index contributed by atoms with van der Waals surface area (Å²) in [6.45, 7) is 0.604. The smallest absolute Gasteiger partial charge is 0.335 e. The Morgan fingerprint density at radius 1 is 1.23 bits per heavy atom. The van der Waals surface area contributed by atoms with Crippen molar-refractivity contribution in [3.8, 4) is 0 Å². The van der Waals surface area contributed by atoms with Crippen molar-refractivity contribution in [1.29, 1.82) is 0 Å². The number of carboxylic acids is 1. The monoisotopic (exact) mass is 302 g/mol. The molecule has 1 aliphatic heterocycles. The second-order valence-electron chi connectivity index (χ2n) is 5.92. The van der Waals surface area contributed by atoms with Crippen molar-refractivity contribution in [2.75, 3.05) is 6.54 Å². The molecule has 6 heteroatoms. The van der Waals surface area contributed by atoms with Crippen LogP contribution in [0.4, 0.5) is 0 Å². The first kappa shape index (κ1) is 14.6. The maximum absolute atomic E-state index is 12.0. The van der Waals surface area contributed by atoms with E-state index in [9.17, 15) is 14.4 Å². The van der Waals surface area contributed by atoms with Crippen LogP contribution in [0.25, 0.3) is 0 Å². The topological polar surface area (TPSA) is 86.7 Å². The molecule has 1 heterocycles. The number of aromatic carboxylic acids is 1. The molecule has 0 radical (unpaired) electrons. The van der Waals surface area contributed by atoms with E-state index in [1.54, 1.807) is 12.1 Å². The zero-order chi connectivity index (χ0) is 15.7.